The van der Waals surface area contributed by atoms with Gasteiger partial charge in [-0.05, 0) is 29.8 Å². The van der Waals surface area contributed by atoms with E-state index in [9.17, 15) is 14.0 Å². The van der Waals surface area contributed by atoms with E-state index in [-0.39, 0.29) is 17.4 Å². The summed E-state index contributed by atoms with van der Waals surface area (Å²) >= 11 is 1.47. The number of ether oxygens (including phenoxy) is 1. The summed E-state index contributed by atoms with van der Waals surface area (Å²) in [6.45, 7) is 1.67. The smallest absolute Gasteiger partial charge is 0.327 e. The van der Waals surface area contributed by atoms with Crippen LogP contribution in [-0.2, 0) is 9.53 Å². The largest absolute Gasteiger partial charge is 0.468 e. The fourth-order valence-corrected chi connectivity index (χ4v) is 5.17. The molecule has 1 amide bonds. The van der Waals surface area contributed by atoms with Crippen LogP contribution in [0.4, 0.5) is 4.39 Å². The number of aromatic nitrogens is 3. The number of amides is 1. The van der Waals surface area contributed by atoms with E-state index in [0.29, 0.717) is 42.4 Å². The van der Waals surface area contributed by atoms with Gasteiger partial charge in [-0.25, -0.2) is 24.1 Å². The molecule has 0 saturated carbocycles. The second-order valence-corrected chi connectivity index (χ2v) is 9.08. The van der Waals surface area contributed by atoms with E-state index in [0.717, 1.165) is 10.2 Å². The number of carbonyl (C=O) groups excluding carboxylic acids is 2. The third-order valence-electron chi connectivity index (χ3n) is 5.97. The van der Waals surface area contributed by atoms with Crippen molar-refractivity contribution in [2.75, 3.05) is 33.3 Å². The Bertz CT molecular complexity index is 1340. The second kappa shape index (κ2) is 9.85. The number of esters is 1. The van der Waals surface area contributed by atoms with E-state index in [1.165, 1.54) is 36.8 Å². The van der Waals surface area contributed by atoms with Crippen molar-refractivity contribution < 1.29 is 18.7 Å². The zero-order chi connectivity index (χ0) is 24.4. The van der Waals surface area contributed by atoms with Crippen molar-refractivity contribution in [2.45, 2.75) is 6.04 Å². The maximum Gasteiger partial charge on any atom is 0.327 e. The standard InChI is InChI=1S/C25H22FN5O3S/c1-34-25(33)22(16-6-8-17(26)9-7-16)30-12-14-31(15-13-30)24(32)21-20(27-10-11-28-21)23-29-18-4-2-3-5-19(18)35-23/h2-11,22H,12-15H2,1H3/t22-/m0/s1. The van der Waals surface area contributed by atoms with Crippen molar-refractivity contribution in [3.05, 3.63) is 78.0 Å². The van der Waals surface area contributed by atoms with Gasteiger partial charge in [0.05, 0.1) is 17.3 Å². The van der Waals surface area contributed by atoms with Gasteiger partial charge in [0.1, 0.15) is 22.6 Å². The van der Waals surface area contributed by atoms with Crippen LogP contribution in [0.2, 0.25) is 0 Å². The predicted octanol–water partition coefficient (Wildman–Crippen LogP) is 3.56. The van der Waals surface area contributed by atoms with Crippen LogP contribution >= 0.6 is 11.3 Å². The van der Waals surface area contributed by atoms with Gasteiger partial charge in [0.2, 0.25) is 0 Å². The van der Waals surface area contributed by atoms with Crippen molar-refractivity contribution >= 4 is 33.4 Å². The number of fused-ring (bicyclic) bond motifs is 1. The number of rotatable bonds is 5. The normalized spacial score (nSPS) is 15.2. The lowest BCUT2D eigenvalue weighted by molar-refractivity contribution is -0.148. The van der Waals surface area contributed by atoms with E-state index in [4.69, 9.17) is 4.74 Å². The summed E-state index contributed by atoms with van der Waals surface area (Å²) in [4.78, 5) is 43.0. The molecular weight excluding hydrogens is 469 g/mol. The molecule has 0 radical (unpaired) electrons. The molecular formula is C25H22FN5O3S. The van der Waals surface area contributed by atoms with Gasteiger partial charge >= 0.3 is 5.97 Å². The van der Waals surface area contributed by atoms with Gasteiger partial charge in [-0.3, -0.25) is 9.69 Å². The third-order valence-corrected chi connectivity index (χ3v) is 7.02. The van der Waals surface area contributed by atoms with Crippen LogP contribution in [0.15, 0.2) is 60.9 Å². The molecule has 2 aromatic carbocycles. The minimum absolute atomic E-state index is 0.233. The van der Waals surface area contributed by atoms with Crippen LogP contribution in [0.3, 0.4) is 0 Å². The minimum Gasteiger partial charge on any atom is -0.468 e. The lowest BCUT2D eigenvalue weighted by Crippen LogP contribution is -2.51. The molecule has 4 aromatic rings. The first-order valence-electron chi connectivity index (χ1n) is 11.1. The Hall–Kier alpha value is -3.76. The summed E-state index contributed by atoms with van der Waals surface area (Å²) in [6, 6.07) is 12.9. The number of hydrogen-bond donors (Lipinski definition) is 0. The van der Waals surface area contributed by atoms with Gasteiger partial charge in [-0.2, -0.15) is 0 Å². The molecule has 0 unspecified atom stereocenters. The lowest BCUT2D eigenvalue weighted by atomic mass is 10.0. The lowest BCUT2D eigenvalue weighted by Gasteiger charge is -2.38. The van der Waals surface area contributed by atoms with E-state index < -0.39 is 12.0 Å². The number of thiazole rings is 1. The Morgan fingerprint density at radius 2 is 1.71 bits per heavy atom. The summed E-state index contributed by atoms with van der Waals surface area (Å²) in [5.74, 6) is -1.03. The highest BCUT2D eigenvalue weighted by atomic mass is 32.1. The fraction of sp³-hybridized carbons (Fsp3) is 0.240. The number of hydrogen-bond acceptors (Lipinski definition) is 8. The van der Waals surface area contributed by atoms with Crippen LogP contribution in [0.5, 0.6) is 0 Å². The maximum absolute atomic E-state index is 13.4. The molecule has 35 heavy (non-hydrogen) atoms. The molecule has 0 aliphatic carbocycles. The Morgan fingerprint density at radius 1 is 1.00 bits per heavy atom. The Balaban J connectivity index is 1.35. The molecule has 5 rings (SSSR count). The molecule has 3 heterocycles. The number of para-hydroxylation sites is 1. The number of halogens is 1. The Labute approximate surface area is 205 Å². The summed E-state index contributed by atoms with van der Waals surface area (Å²) in [5.41, 5.74) is 2.20. The van der Waals surface area contributed by atoms with E-state index in [1.807, 2.05) is 29.2 Å². The van der Waals surface area contributed by atoms with Gasteiger partial charge in [-0.15, -0.1) is 11.3 Å². The molecule has 178 valence electrons. The van der Waals surface area contributed by atoms with E-state index >= 15 is 0 Å². The molecule has 10 heteroatoms. The average Bonchev–Trinajstić information content (AvgIpc) is 3.34. The zero-order valence-electron chi connectivity index (χ0n) is 18.9. The van der Waals surface area contributed by atoms with Crippen LogP contribution < -0.4 is 0 Å². The molecule has 8 nitrogen and oxygen atoms in total. The van der Waals surface area contributed by atoms with Gasteiger partial charge < -0.3 is 9.64 Å². The number of benzene rings is 2. The third kappa shape index (κ3) is 4.62. The van der Waals surface area contributed by atoms with Crippen molar-refractivity contribution in [2.24, 2.45) is 0 Å². The summed E-state index contributed by atoms with van der Waals surface area (Å²) in [6.07, 6.45) is 3.06. The highest BCUT2D eigenvalue weighted by molar-refractivity contribution is 7.21. The van der Waals surface area contributed by atoms with Gasteiger partial charge in [-0.1, -0.05) is 24.3 Å². The van der Waals surface area contributed by atoms with Crippen molar-refractivity contribution in [3.63, 3.8) is 0 Å². The molecule has 0 bridgehead atoms. The number of carbonyl (C=O) groups is 2. The first-order valence-corrected chi connectivity index (χ1v) is 11.9. The number of methoxy groups -OCH3 is 1. The highest BCUT2D eigenvalue weighted by Crippen LogP contribution is 2.31. The van der Waals surface area contributed by atoms with Crippen molar-refractivity contribution in [3.8, 4) is 10.7 Å². The van der Waals surface area contributed by atoms with Crippen LogP contribution in [0.25, 0.3) is 20.9 Å². The molecule has 1 fully saturated rings. The summed E-state index contributed by atoms with van der Waals surface area (Å²) < 4.78 is 19.4. The first kappa shape index (κ1) is 23.0. The molecule has 1 saturated heterocycles. The monoisotopic (exact) mass is 491 g/mol. The van der Waals surface area contributed by atoms with Crippen molar-refractivity contribution in [1.29, 1.82) is 0 Å². The predicted molar refractivity (Wildman–Crippen MR) is 129 cm³/mol. The maximum atomic E-state index is 13.4. The van der Waals surface area contributed by atoms with Gasteiger partial charge in [0.15, 0.2) is 5.69 Å². The quantitative estimate of drug-likeness (QED) is 0.395. The number of nitrogens with zero attached hydrogens (tertiary/aromatic N) is 5. The van der Waals surface area contributed by atoms with Crippen LogP contribution in [0, 0.1) is 5.82 Å². The fourth-order valence-electron chi connectivity index (χ4n) is 4.21. The SMILES string of the molecule is COC(=O)[C@H](c1ccc(F)cc1)N1CCN(C(=O)c2nccnc2-c2nc3ccccc3s2)CC1. The molecule has 0 N–H and O–H groups in total. The van der Waals surface area contributed by atoms with Gasteiger partial charge in [0.25, 0.3) is 5.91 Å². The van der Waals surface area contributed by atoms with Crippen LogP contribution in [-0.4, -0.2) is 69.9 Å². The number of piperazine rings is 1. The summed E-state index contributed by atoms with van der Waals surface area (Å²) in [5, 5.41) is 0.642. The van der Waals surface area contributed by atoms with Crippen molar-refractivity contribution in [1.82, 2.24) is 24.8 Å². The molecule has 0 spiro atoms. The Morgan fingerprint density at radius 3 is 2.43 bits per heavy atom. The van der Waals surface area contributed by atoms with E-state index in [1.54, 1.807) is 23.2 Å². The molecule has 1 aliphatic heterocycles. The van der Waals surface area contributed by atoms with Crippen LogP contribution in [0.1, 0.15) is 22.1 Å². The summed E-state index contributed by atoms with van der Waals surface area (Å²) in [7, 11) is 1.33. The molecule has 1 atom stereocenters. The first-order chi connectivity index (χ1) is 17.0. The second-order valence-electron chi connectivity index (χ2n) is 8.05. The average molecular weight is 492 g/mol. The molecule has 1 aliphatic rings. The van der Waals surface area contributed by atoms with E-state index in [2.05, 4.69) is 15.0 Å². The minimum atomic E-state index is -0.673. The van der Waals surface area contributed by atoms with Gasteiger partial charge in [0, 0.05) is 38.6 Å². The molecule has 2 aromatic heterocycles. The highest BCUT2D eigenvalue weighted by Gasteiger charge is 2.33. The topological polar surface area (TPSA) is 88.5 Å². The zero-order valence-corrected chi connectivity index (χ0v) is 19.7. The Kier molecular flexibility index (Phi) is 6.47.